The van der Waals surface area contributed by atoms with E-state index in [9.17, 15) is 10.1 Å². The maximum atomic E-state index is 12.4. The smallest absolute Gasteiger partial charge is 0.198 e. The largest absolute Gasteiger partial charge is 0.495 e. The van der Waals surface area contributed by atoms with Gasteiger partial charge >= 0.3 is 0 Å². The molecular weight excluding hydrogens is 326 g/mol. The van der Waals surface area contributed by atoms with E-state index in [1.54, 1.807) is 23.6 Å². The maximum absolute atomic E-state index is 12.4. The standard InChI is InChI=1S/C14H10BrNO2S/c1-18-12-6-7-19-14(12)13(17)11(8-16)9-2-4-10(15)5-3-9/h2-7,11H,1H3. The molecule has 2 rings (SSSR count). The van der Waals surface area contributed by atoms with Gasteiger partial charge in [-0.1, -0.05) is 28.1 Å². The molecule has 1 atom stereocenters. The van der Waals surface area contributed by atoms with Crippen molar-refractivity contribution in [3.8, 4) is 11.8 Å². The fraction of sp³-hybridized carbons (Fsp3) is 0.143. The summed E-state index contributed by atoms with van der Waals surface area (Å²) in [6.45, 7) is 0. The van der Waals surface area contributed by atoms with E-state index < -0.39 is 5.92 Å². The van der Waals surface area contributed by atoms with Crippen molar-refractivity contribution in [1.82, 2.24) is 0 Å². The van der Waals surface area contributed by atoms with Crippen LogP contribution in [0.4, 0.5) is 0 Å². The van der Waals surface area contributed by atoms with Gasteiger partial charge in [-0.25, -0.2) is 0 Å². The lowest BCUT2D eigenvalue weighted by Gasteiger charge is -2.08. The fourth-order valence-corrected chi connectivity index (χ4v) is 2.80. The molecule has 0 fully saturated rings. The summed E-state index contributed by atoms with van der Waals surface area (Å²) in [5.74, 6) is -0.510. The molecule has 0 N–H and O–H groups in total. The average Bonchev–Trinajstić information content (AvgIpc) is 2.90. The molecule has 1 aromatic carbocycles. The van der Waals surface area contributed by atoms with Crippen LogP contribution in [0.15, 0.2) is 40.2 Å². The summed E-state index contributed by atoms with van der Waals surface area (Å²) >= 11 is 4.62. The van der Waals surface area contributed by atoms with Crippen molar-refractivity contribution in [2.45, 2.75) is 5.92 Å². The van der Waals surface area contributed by atoms with Crippen molar-refractivity contribution in [2.75, 3.05) is 7.11 Å². The molecule has 0 bridgehead atoms. The number of carbonyl (C=O) groups excluding carboxylic acids is 1. The minimum absolute atomic E-state index is 0.225. The molecule has 0 aliphatic rings. The zero-order chi connectivity index (χ0) is 13.8. The summed E-state index contributed by atoms with van der Waals surface area (Å²) < 4.78 is 6.04. The number of rotatable bonds is 4. The Morgan fingerprint density at radius 3 is 2.63 bits per heavy atom. The number of methoxy groups -OCH3 is 1. The monoisotopic (exact) mass is 335 g/mol. The number of nitriles is 1. The van der Waals surface area contributed by atoms with Gasteiger partial charge in [-0.15, -0.1) is 11.3 Å². The Hall–Kier alpha value is -1.64. The first-order chi connectivity index (χ1) is 9.17. The van der Waals surface area contributed by atoms with Gasteiger partial charge in [0.15, 0.2) is 5.78 Å². The molecule has 3 nitrogen and oxygen atoms in total. The summed E-state index contributed by atoms with van der Waals surface area (Å²) in [5, 5.41) is 11.0. The molecule has 0 aliphatic heterocycles. The fourth-order valence-electron chi connectivity index (χ4n) is 1.71. The molecule has 96 valence electrons. The first-order valence-corrected chi connectivity index (χ1v) is 7.15. The number of halogens is 1. The number of ketones is 1. The van der Waals surface area contributed by atoms with Gasteiger partial charge < -0.3 is 4.74 Å². The van der Waals surface area contributed by atoms with E-state index in [1.165, 1.54) is 18.4 Å². The van der Waals surface area contributed by atoms with Crippen molar-refractivity contribution in [1.29, 1.82) is 5.26 Å². The molecule has 0 radical (unpaired) electrons. The van der Waals surface area contributed by atoms with Crippen LogP contribution in [0, 0.1) is 11.3 Å². The van der Waals surface area contributed by atoms with Gasteiger partial charge in [0.1, 0.15) is 16.5 Å². The highest BCUT2D eigenvalue weighted by Gasteiger charge is 2.25. The molecule has 1 unspecified atom stereocenters. The zero-order valence-electron chi connectivity index (χ0n) is 10.1. The lowest BCUT2D eigenvalue weighted by Crippen LogP contribution is -2.10. The van der Waals surface area contributed by atoms with Crippen molar-refractivity contribution in [3.05, 3.63) is 50.6 Å². The van der Waals surface area contributed by atoms with Gasteiger partial charge in [-0.3, -0.25) is 4.79 Å². The maximum Gasteiger partial charge on any atom is 0.198 e. The Bertz CT molecular complexity index is 628. The highest BCUT2D eigenvalue weighted by atomic mass is 79.9. The first-order valence-electron chi connectivity index (χ1n) is 5.48. The van der Waals surface area contributed by atoms with Crippen LogP contribution in [-0.4, -0.2) is 12.9 Å². The van der Waals surface area contributed by atoms with Crippen molar-refractivity contribution >= 4 is 33.0 Å². The third-order valence-corrected chi connectivity index (χ3v) is 4.11. The predicted octanol–water partition coefficient (Wildman–Crippen LogP) is 4.01. The number of Topliss-reactive ketones (excluding diaryl/α,β-unsaturated/α-hetero) is 1. The summed E-state index contributed by atoms with van der Waals surface area (Å²) in [5.41, 5.74) is 0.686. The topological polar surface area (TPSA) is 50.1 Å². The molecule has 0 amide bonds. The Labute approximate surface area is 123 Å². The van der Waals surface area contributed by atoms with E-state index in [2.05, 4.69) is 22.0 Å². The minimum Gasteiger partial charge on any atom is -0.495 e. The second-order valence-corrected chi connectivity index (χ2v) is 5.63. The van der Waals surface area contributed by atoms with Gasteiger partial charge in [-0.2, -0.15) is 5.26 Å². The number of carbonyl (C=O) groups is 1. The van der Waals surface area contributed by atoms with Gasteiger partial charge in [-0.05, 0) is 29.1 Å². The van der Waals surface area contributed by atoms with E-state index in [4.69, 9.17) is 4.74 Å². The SMILES string of the molecule is COc1ccsc1C(=O)C(C#N)c1ccc(Br)cc1. The zero-order valence-corrected chi connectivity index (χ0v) is 12.5. The van der Waals surface area contributed by atoms with E-state index in [1.807, 2.05) is 12.1 Å². The van der Waals surface area contributed by atoms with Crippen LogP contribution in [0.3, 0.4) is 0 Å². The van der Waals surface area contributed by atoms with Crippen LogP contribution in [0.25, 0.3) is 0 Å². The Morgan fingerprint density at radius 2 is 2.05 bits per heavy atom. The quantitative estimate of drug-likeness (QED) is 0.793. The Kier molecular flexibility index (Phi) is 4.35. The van der Waals surface area contributed by atoms with Crippen LogP contribution in [-0.2, 0) is 0 Å². The third-order valence-electron chi connectivity index (χ3n) is 2.67. The van der Waals surface area contributed by atoms with Gasteiger partial charge in [0.2, 0.25) is 0 Å². The average molecular weight is 336 g/mol. The van der Waals surface area contributed by atoms with Crippen molar-refractivity contribution in [3.63, 3.8) is 0 Å². The first kappa shape index (κ1) is 13.8. The summed E-state index contributed by atoms with van der Waals surface area (Å²) in [6.07, 6.45) is 0. The second-order valence-electron chi connectivity index (χ2n) is 3.80. The number of ether oxygens (including phenoxy) is 1. The van der Waals surface area contributed by atoms with E-state index in [-0.39, 0.29) is 5.78 Å². The molecule has 0 spiro atoms. The van der Waals surface area contributed by atoms with E-state index >= 15 is 0 Å². The van der Waals surface area contributed by atoms with Gasteiger partial charge in [0.05, 0.1) is 13.2 Å². The normalized spacial score (nSPS) is 11.6. The summed E-state index contributed by atoms with van der Waals surface area (Å²) in [6, 6.07) is 11.0. The molecule has 2 aromatic rings. The molecule has 19 heavy (non-hydrogen) atoms. The predicted molar refractivity (Wildman–Crippen MR) is 77.7 cm³/mol. The number of hydrogen-bond acceptors (Lipinski definition) is 4. The number of nitrogens with zero attached hydrogens (tertiary/aromatic N) is 1. The third kappa shape index (κ3) is 2.86. The molecule has 1 heterocycles. The minimum atomic E-state index is -0.805. The molecule has 5 heteroatoms. The number of benzene rings is 1. The van der Waals surface area contributed by atoms with Crippen LogP contribution >= 0.6 is 27.3 Å². The molecule has 0 saturated heterocycles. The Morgan fingerprint density at radius 1 is 1.37 bits per heavy atom. The second kappa shape index (κ2) is 6.00. The molecular formula is C14H10BrNO2S. The highest BCUT2D eigenvalue weighted by Crippen LogP contribution is 2.31. The number of hydrogen-bond donors (Lipinski definition) is 0. The summed E-state index contributed by atoms with van der Waals surface area (Å²) in [7, 11) is 1.51. The van der Waals surface area contributed by atoms with Crippen molar-refractivity contribution in [2.24, 2.45) is 0 Å². The Balaban J connectivity index is 2.35. The van der Waals surface area contributed by atoms with E-state index in [0.29, 0.717) is 16.2 Å². The van der Waals surface area contributed by atoms with Crippen LogP contribution < -0.4 is 4.74 Å². The van der Waals surface area contributed by atoms with Crippen LogP contribution in [0.5, 0.6) is 5.75 Å². The molecule has 0 aliphatic carbocycles. The van der Waals surface area contributed by atoms with Crippen LogP contribution in [0.2, 0.25) is 0 Å². The van der Waals surface area contributed by atoms with Gasteiger partial charge in [0, 0.05) is 4.47 Å². The lowest BCUT2D eigenvalue weighted by molar-refractivity contribution is 0.0980. The van der Waals surface area contributed by atoms with Crippen molar-refractivity contribution < 1.29 is 9.53 Å². The van der Waals surface area contributed by atoms with Crippen LogP contribution in [0.1, 0.15) is 21.2 Å². The van der Waals surface area contributed by atoms with Gasteiger partial charge in [0.25, 0.3) is 0 Å². The highest BCUT2D eigenvalue weighted by molar-refractivity contribution is 9.10. The number of thiophene rings is 1. The lowest BCUT2D eigenvalue weighted by atomic mass is 9.95. The summed E-state index contributed by atoms with van der Waals surface area (Å²) in [4.78, 5) is 12.9. The van der Waals surface area contributed by atoms with E-state index in [0.717, 1.165) is 4.47 Å². The molecule has 1 aromatic heterocycles. The molecule has 0 saturated carbocycles.